The van der Waals surface area contributed by atoms with Crippen molar-refractivity contribution in [2.45, 2.75) is 57.3 Å². The number of carbonyl (C=O) groups excluding carboxylic acids is 2. The SMILES string of the molecule is O=C1NC[C@@H](O)Cn2nc(C(=O)N(Cc3ccc(F)cc3)C3CCCCC3)cc21. The van der Waals surface area contributed by atoms with Crippen LogP contribution >= 0.6 is 0 Å². The van der Waals surface area contributed by atoms with Crippen LogP contribution < -0.4 is 5.32 Å². The Balaban J connectivity index is 1.62. The Morgan fingerprint density at radius 2 is 1.97 bits per heavy atom. The maximum absolute atomic E-state index is 13.4. The number of benzene rings is 1. The van der Waals surface area contributed by atoms with Crippen LogP contribution in [0.3, 0.4) is 0 Å². The van der Waals surface area contributed by atoms with E-state index in [2.05, 4.69) is 10.4 Å². The first kappa shape index (κ1) is 19.6. The Morgan fingerprint density at radius 1 is 1.24 bits per heavy atom. The quantitative estimate of drug-likeness (QED) is 0.823. The third-order valence-electron chi connectivity index (χ3n) is 5.66. The van der Waals surface area contributed by atoms with Crippen molar-refractivity contribution in [3.05, 3.63) is 53.1 Å². The van der Waals surface area contributed by atoms with Crippen molar-refractivity contribution in [1.29, 1.82) is 0 Å². The number of aliphatic hydroxyl groups is 1. The summed E-state index contributed by atoms with van der Waals surface area (Å²) in [5.41, 5.74) is 1.31. The summed E-state index contributed by atoms with van der Waals surface area (Å²) in [5, 5.41) is 16.9. The van der Waals surface area contributed by atoms with Gasteiger partial charge in [-0.25, -0.2) is 4.39 Å². The van der Waals surface area contributed by atoms with Crippen LogP contribution in [0.15, 0.2) is 30.3 Å². The van der Waals surface area contributed by atoms with Gasteiger partial charge in [0.2, 0.25) is 0 Å². The molecular formula is C21H25FN4O3. The number of amides is 2. The molecule has 0 unspecified atom stereocenters. The first-order valence-electron chi connectivity index (χ1n) is 10.1. The third-order valence-corrected chi connectivity index (χ3v) is 5.66. The normalized spacial score (nSPS) is 19.9. The third kappa shape index (κ3) is 4.32. The molecule has 29 heavy (non-hydrogen) atoms. The number of aromatic nitrogens is 2. The highest BCUT2D eigenvalue weighted by molar-refractivity contribution is 5.98. The first-order valence-corrected chi connectivity index (χ1v) is 10.1. The minimum absolute atomic E-state index is 0.0854. The second kappa shape index (κ2) is 8.32. The zero-order valence-corrected chi connectivity index (χ0v) is 16.2. The molecule has 1 aliphatic carbocycles. The predicted octanol–water partition coefficient (Wildman–Crippen LogP) is 2.10. The molecule has 1 saturated carbocycles. The lowest BCUT2D eigenvalue weighted by Crippen LogP contribution is -2.41. The number of carbonyl (C=O) groups is 2. The van der Waals surface area contributed by atoms with Crippen LogP contribution in [0.5, 0.6) is 0 Å². The van der Waals surface area contributed by atoms with E-state index in [0.717, 1.165) is 37.7 Å². The van der Waals surface area contributed by atoms with Crippen LogP contribution in [-0.2, 0) is 13.1 Å². The van der Waals surface area contributed by atoms with E-state index in [9.17, 15) is 19.1 Å². The smallest absolute Gasteiger partial charge is 0.274 e. The second-order valence-electron chi connectivity index (χ2n) is 7.81. The summed E-state index contributed by atoms with van der Waals surface area (Å²) in [7, 11) is 0. The molecule has 8 heteroatoms. The molecule has 1 aliphatic heterocycles. The Labute approximate surface area is 168 Å². The highest BCUT2D eigenvalue weighted by Crippen LogP contribution is 2.26. The standard InChI is InChI=1S/C21H25FN4O3/c22-15-8-6-14(7-9-15)12-25(16-4-2-1-3-5-16)21(29)18-10-19-20(28)23-11-17(27)13-26(19)24-18/h6-10,16-17,27H,1-5,11-13H2,(H,23,28)/t17-/m1/s1. The monoisotopic (exact) mass is 400 g/mol. The van der Waals surface area contributed by atoms with E-state index in [1.807, 2.05) is 0 Å². The summed E-state index contributed by atoms with van der Waals surface area (Å²) >= 11 is 0. The highest BCUT2D eigenvalue weighted by atomic mass is 19.1. The van der Waals surface area contributed by atoms with Gasteiger partial charge < -0.3 is 15.3 Å². The zero-order chi connectivity index (χ0) is 20.4. The number of aliphatic hydroxyl groups excluding tert-OH is 1. The number of nitrogens with one attached hydrogen (secondary N) is 1. The molecule has 0 spiro atoms. The van der Waals surface area contributed by atoms with Gasteiger partial charge in [-0.1, -0.05) is 31.4 Å². The van der Waals surface area contributed by atoms with Crippen molar-refractivity contribution in [3.63, 3.8) is 0 Å². The molecule has 2 aromatic rings. The molecule has 2 amide bonds. The Hall–Kier alpha value is -2.74. The molecule has 7 nitrogen and oxygen atoms in total. The fraction of sp³-hybridized carbons (Fsp3) is 0.476. The predicted molar refractivity (Wildman–Crippen MR) is 104 cm³/mol. The number of nitrogens with zero attached hydrogens (tertiary/aromatic N) is 3. The van der Waals surface area contributed by atoms with Crippen LogP contribution in [-0.4, -0.2) is 50.3 Å². The molecule has 1 aromatic heterocycles. The summed E-state index contributed by atoms with van der Waals surface area (Å²) in [6.45, 7) is 0.674. The van der Waals surface area contributed by atoms with Gasteiger partial charge in [-0.15, -0.1) is 0 Å². The van der Waals surface area contributed by atoms with Gasteiger partial charge in [-0.2, -0.15) is 5.10 Å². The highest BCUT2D eigenvalue weighted by Gasteiger charge is 2.30. The lowest BCUT2D eigenvalue weighted by Gasteiger charge is -2.34. The lowest BCUT2D eigenvalue weighted by atomic mass is 9.93. The molecule has 154 valence electrons. The van der Waals surface area contributed by atoms with Gasteiger partial charge in [0.15, 0.2) is 5.69 Å². The topological polar surface area (TPSA) is 87.5 Å². The molecule has 4 rings (SSSR count). The van der Waals surface area contributed by atoms with Crippen LogP contribution in [0.25, 0.3) is 0 Å². The average molecular weight is 400 g/mol. The van der Waals surface area contributed by atoms with Crippen molar-refractivity contribution in [1.82, 2.24) is 20.0 Å². The maximum Gasteiger partial charge on any atom is 0.274 e. The van der Waals surface area contributed by atoms with Crippen molar-refractivity contribution in [3.8, 4) is 0 Å². The molecule has 2 N–H and O–H groups in total. The van der Waals surface area contributed by atoms with Gasteiger partial charge in [0, 0.05) is 25.2 Å². The van der Waals surface area contributed by atoms with E-state index >= 15 is 0 Å². The van der Waals surface area contributed by atoms with Gasteiger partial charge in [0.05, 0.1) is 12.6 Å². The van der Waals surface area contributed by atoms with Gasteiger partial charge in [0.1, 0.15) is 11.5 Å². The molecule has 0 radical (unpaired) electrons. The van der Waals surface area contributed by atoms with Crippen LogP contribution in [0.2, 0.25) is 0 Å². The molecule has 1 aromatic carbocycles. The molecule has 1 fully saturated rings. The van der Waals surface area contributed by atoms with Crippen molar-refractivity contribution in [2.24, 2.45) is 0 Å². The minimum atomic E-state index is -0.753. The first-order chi connectivity index (χ1) is 14.0. The van der Waals surface area contributed by atoms with E-state index in [-0.39, 0.29) is 48.2 Å². The summed E-state index contributed by atoms with van der Waals surface area (Å²) in [4.78, 5) is 27.4. The molecule has 0 bridgehead atoms. The lowest BCUT2D eigenvalue weighted by molar-refractivity contribution is 0.0606. The van der Waals surface area contributed by atoms with E-state index in [4.69, 9.17) is 0 Å². The fourth-order valence-corrected chi connectivity index (χ4v) is 4.10. The Morgan fingerprint density at radius 3 is 2.69 bits per heavy atom. The summed E-state index contributed by atoms with van der Waals surface area (Å²) in [6, 6.07) is 7.74. The average Bonchev–Trinajstić information content (AvgIpc) is 3.10. The van der Waals surface area contributed by atoms with Crippen molar-refractivity contribution >= 4 is 11.8 Å². The largest absolute Gasteiger partial charge is 0.389 e. The maximum atomic E-state index is 13.4. The van der Waals surface area contributed by atoms with E-state index in [1.54, 1.807) is 17.0 Å². The van der Waals surface area contributed by atoms with E-state index in [0.29, 0.717) is 6.54 Å². The number of halogens is 1. The number of rotatable bonds is 4. The van der Waals surface area contributed by atoms with Crippen LogP contribution in [0, 0.1) is 5.82 Å². The molecule has 2 aliphatic rings. The second-order valence-corrected chi connectivity index (χ2v) is 7.81. The van der Waals surface area contributed by atoms with Crippen molar-refractivity contribution in [2.75, 3.05) is 6.54 Å². The van der Waals surface area contributed by atoms with Gasteiger partial charge in [0.25, 0.3) is 11.8 Å². The van der Waals surface area contributed by atoms with Crippen LogP contribution in [0.1, 0.15) is 58.6 Å². The summed E-state index contributed by atoms with van der Waals surface area (Å²) < 4.78 is 14.7. The minimum Gasteiger partial charge on any atom is -0.389 e. The fourth-order valence-electron chi connectivity index (χ4n) is 4.10. The van der Waals surface area contributed by atoms with Crippen molar-refractivity contribution < 1.29 is 19.1 Å². The molecular weight excluding hydrogens is 375 g/mol. The number of β-amino-alcohol motifs (C(OH)–C–C–N with tert-alkyl or cyclic N) is 1. The Kier molecular flexibility index (Phi) is 5.62. The van der Waals surface area contributed by atoms with E-state index in [1.165, 1.54) is 22.9 Å². The summed E-state index contributed by atoms with van der Waals surface area (Å²) in [5.74, 6) is -0.911. The molecule has 2 heterocycles. The van der Waals surface area contributed by atoms with Crippen LogP contribution in [0.4, 0.5) is 4.39 Å². The van der Waals surface area contributed by atoms with Gasteiger partial charge >= 0.3 is 0 Å². The Bertz CT molecular complexity index is 890. The number of fused-ring (bicyclic) bond motifs is 1. The summed E-state index contributed by atoms with van der Waals surface area (Å²) in [6.07, 6.45) is 4.36. The molecule has 1 atom stereocenters. The number of hydrogen-bond donors (Lipinski definition) is 2. The zero-order valence-electron chi connectivity index (χ0n) is 16.2. The van der Waals surface area contributed by atoms with E-state index < -0.39 is 6.10 Å². The van der Waals surface area contributed by atoms with Gasteiger partial charge in [-0.3, -0.25) is 14.3 Å². The van der Waals surface area contributed by atoms with Gasteiger partial charge in [-0.05, 0) is 30.5 Å². The number of hydrogen-bond acceptors (Lipinski definition) is 4. The molecule has 0 saturated heterocycles.